The van der Waals surface area contributed by atoms with Crippen LogP contribution in [-0.4, -0.2) is 12.2 Å². The van der Waals surface area contributed by atoms with Crippen LogP contribution in [0.2, 0.25) is 0 Å². The molecule has 3 nitrogen and oxygen atoms in total. The largest absolute Gasteiger partial charge is 0.246 e. The van der Waals surface area contributed by atoms with Gasteiger partial charge in [-0.2, -0.15) is 0 Å². The third-order valence-corrected chi connectivity index (χ3v) is 2.43. The van der Waals surface area contributed by atoms with Crippen molar-refractivity contribution in [1.82, 2.24) is 0 Å². The summed E-state index contributed by atoms with van der Waals surface area (Å²) in [6.45, 7) is 14.2. The Hall–Kier alpha value is -1.06. The SMILES string of the molecule is Cc1cc(C)c(N(OC(C)C)OC(C)C)c(C)c1. The van der Waals surface area contributed by atoms with Gasteiger partial charge in [0.2, 0.25) is 0 Å². The van der Waals surface area contributed by atoms with Crippen molar-refractivity contribution < 1.29 is 9.68 Å². The molecule has 0 unspecified atom stereocenters. The van der Waals surface area contributed by atoms with Crippen molar-refractivity contribution in [3.8, 4) is 0 Å². The topological polar surface area (TPSA) is 21.7 Å². The first kappa shape index (κ1) is 15.0. The van der Waals surface area contributed by atoms with E-state index in [9.17, 15) is 0 Å². The lowest BCUT2D eigenvalue weighted by Gasteiger charge is -2.29. The van der Waals surface area contributed by atoms with Crippen molar-refractivity contribution in [3.05, 3.63) is 28.8 Å². The Kier molecular flexibility index (Phi) is 5.17. The van der Waals surface area contributed by atoms with Gasteiger partial charge in [-0.15, -0.1) is 5.23 Å². The van der Waals surface area contributed by atoms with Gasteiger partial charge in [0.05, 0.1) is 12.2 Å². The first-order chi connectivity index (χ1) is 8.31. The number of nitrogens with zero attached hydrogens (tertiary/aromatic N) is 1. The van der Waals surface area contributed by atoms with Crippen LogP contribution in [-0.2, 0) is 9.68 Å². The van der Waals surface area contributed by atoms with Crippen LogP contribution in [0, 0.1) is 20.8 Å². The van der Waals surface area contributed by atoms with Crippen LogP contribution in [0.3, 0.4) is 0 Å². The van der Waals surface area contributed by atoms with E-state index in [-0.39, 0.29) is 12.2 Å². The molecular weight excluding hydrogens is 226 g/mol. The van der Waals surface area contributed by atoms with E-state index in [2.05, 4.69) is 32.9 Å². The molecule has 0 radical (unpaired) electrons. The average molecular weight is 251 g/mol. The molecule has 0 saturated carbocycles. The van der Waals surface area contributed by atoms with Crippen LogP contribution in [0.15, 0.2) is 12.1 Å². The van der Waals surface area contributed by atoms with Gasteiger partial charge in [0.15, 0.2) is 0 Å². The lowest BCUT2D eigenvalue weighted by atomic mass is 10.1. The Balaban J connectivity index is 3.11. The van der Waals surface area contributed by atoms with Gasteiger partial charge in [-0.3, -0.25) is 0 Å². The van der Waals surface area contributed by atoms with Crippen LogP contribution in [0.5, 0.6) is 0 Å². The molecule has 0 aliphatic carbocycles. The van der Waals surface area contributed by atoms with Crippen LogP contribution in [0.4, 0.5) is 5.69 Å². The Morgan fingerprint density at radius 3 is 1.56 bits per heavy atom. The molecule has 0 aromatic heterocycles. The van der Waals surface area contributed by atoms with Gasteiger partial charge in [0.1, 0.15) is 5.69 Å². The maximum absolute atomic E-state index is 5.76. The molecule has 102 valence electrons. The zero-order valence-corrected chi connectivity index (χ0v) is 12.6. The molecule has 0 aliphatic rings. The summed E-state index contributed by atoms with van der Waals surface area (Å²) in [5, 5.41) is 1.57. The minimum atomic E-state index is 0.0730. The molecule has 0 atom stereocenters. The number of hydrogen-bond donors (Lipinski definition) is 0. The second kappa shape index (κ2) is 6.21. The molecule has 1 rings (SSSR count). The fourth-order valence-electron chi connectivity index (χ4n) is 1.97. The zero-order chi connectivity index (χ0) is 13.9. The van der Waals surface area contributed by atoms with Crippen LogP contribution >= 0.6 is 0 Å². The number of anilines is 1. The van der Waals surface area contributed by atoms with E-state index in [0.717, 1.165) is 16.8 Å². The Labute approximate surface area is 111 Å². The van der Waals surface area contributed by atoms with Crippen LogP contribution in [0.25, 0.3) is 0 Å². The smallest absolute Gasteiger partial charge is 0.101 e. The second-order valence-electron chi connectivity index (χ2n) is 5.31. The standard InChI is InChI=1S/C15H25NO2/c1-10(2)17-16(18-11(3)4)15-13(6)8-12(5)9-14(15)7/h8-11H,1-7H3. The van der Waals surface area contributed by atoms with Gasteiger partial charge in [-0.05, 0) is 59.6 Å². The highest BCUT2D eigenvalue weighted by Crippen LogP contribution is 2.28. The molecule has 1 aromatic rings. The number of rotatable bonds is 5. The summed E-state index contributed by atoms with van der Waals surface area (Å²) in [5.74, 6) is 0. The minimum absolute atomic E-state index is 0.0730. The fraction of sp³-hybridized carbons (Fsp3) is 0.600. The normalized spacial score (nSPS) is 11.4. The molecule has 0 amide bonds. The monoisotopic (exact) mass is 251 g/mol. The quantitative estimate of drug-likeness (QED) is 0.735. The van der Waals surface area contributed by atoms with Crippen molar-refractivity contribution in [1.29, 1.82) is 0 Å². The summed E-state index contributed by atoms with van der Waals surface area (Å²) in [5.41, 5.74) is 4.58. The molecule has 3 heteroatoms. The number of benzene rings is 1. The average Bonchev–Trinajstić information content (AvgIpc) is 2.12. The molecule has 0 bridgehead atoms. The highest BCUT2D eigenvalue weighted by atomic mass is 17.0. The first-order valence-electron chi connectivity index (χ1n) is 6.52. The van der Waals surface area contributed by atoms with E-state index in [0.29, 0.717) is 0 Å². The number of aryl methyl sites for hydroxylation is 3. The fourth-order valence-corrected chi connectivity index (χ4v) is 1.97. The molecule has 0 spiro atoms. The third kappa shape index (κ3) is 4.00. The molecule has 0 fully saturated rings. The van der Waals surface area contributed by atoms with Crippen molar-refractivity contribution in [2.45, 2.75) is 60.7 Å². The zero-order valence-electron chi connectivity index (χ0n) is 12.6. The lowest BCUT2D eigenvalue weighted by Crippen LogP contribution is -2.31. The summed E-state index contributed by atoms with van der Waals surface area (Å²) in [6, 6.07) is 4.28. The van der Waals surface area contributed by atoms with E-state index in [1.165, 1.54) is 5.56 Å². The van der Waals surface area contributed by atoms with Gasteiger partial charge in [-0.1, -0.05) is 17.7 Å². The van der Waals surface area contributed by atoms with Crippen molar-refractivity contribution in [2.24, 2.45) is 0 Å². The van der Waals surface area contributed by atoms with Crippen LogP contribution in [0.1, 0.15) is 44.4 Å². The summed E-state index contributed by atoms with van der Waals surface area (Å²) in [7, 11) is 0. The Bertz CT molecular complexity index is 366. The van der Waals surface area contributed by atoms with Gasteiger partial charge in [0, 0.05) is 0 Å². The maximum Gasteiger partial charge on any atom is 0.101 e. The molecule has 1 aromatic carbocycles. The summed E-state index contributed by atoms with van der Waals surface area (Å²) < 4.78 is 0. The van der Waals surface area contributed by atoms with Crippen molar-refractivity contribution in [2.75, 3.05) is 5.23 Å². The molecule has 0 heterocycles. The summed E-state index contributed by atoms with van der Waals surface area (Å²) in [4.78, 5) is 11.5. The Morgan fingerprint density at radius 1 is 0.833 bits per heavy atom. The van der Waals surface area contributed by atoms with E-state index >= 15 is 0 Å². The highest BCUT2D eigenvalue weighted by molar-refractivity contribution is 5.57. The highest BCUT2D eigenvalue weighted by Gasteiger charge is 2.17. The first-order valence-corrected chi connectivity index (χ1v) is 6.52. The Morgan fingerprint density at radius 2 is 1.22 bits per heavy atom. The van der Waals surface area contributed by atoms with E-state index < -0.39 is 0 Å². The second-order valence-corrected chi connectivity index (χ2v) is 5.31. The molecule has 18 heavy (non-hydrogen) atoms. The van der Waals surface area contributed by atoms with Crippen LogP contribution < -0.4 is 5.23 Å². The van der Waals surface area contributed by atoms with E-state index in [1.807, 2.05) is 27.7 Å². The van der Waals surface area contributed by atoms with Crippen molar-refractivity contribution >= 4 is 5.69 Å². The summed E-state index contributed by atoms with van der Waals surface area (Å²) >= 11 is 0. The predicted octanol–water partition coefficient (Wildman–Crippen LogP) is 4.10. The number of hydrogen-bond acceptors (Lipinski definition) is 3. The minimum Gasteiger partial charge on any atom is -0.246 e. The molecule has 0 N–H and O–H groups in total. The van der Waals surface area contributed by atoms with Crippen molar-refractivity contribution in [3.63, 3.8) is 0 Å². The van der Waals surface area contributed by atoms with E-state index in [1.54, 1.807) is 5.23 Å². The van der Waals surface area contributed by atoms with Gasteiger partial charge >= 0.3 is 0 Å². The van der Waals surface area contributed by atoms with Gasteiger partial charge < -0.3 is 0 Å². The predicted molar refractivity (Wildman–Crippen MR) is 75.6 cm³/mol. The lowest BCUT2D eigenvalue weighted by molar-refractivity contribution is -0.133. The third-order valence-electron chi connectivity index (χ3n) is 2.43. The summed E-state index contributed by atoms with van der Waals surface area (Å²) in [6.07, 6.45) is 0.146. The molecule has 0 aliphatic heterocycles. The van der Waals surface area contributed by atoms with Gasteiger partial charge in [-0.25, -0.2) is 9.68 Å². The van der Waals surface area contributed by atoms with Gasteiger partial charge in [0.25, 0.3) is 0 Å². The maximum atomic E-state index is 5.76. The molecular formula is C15H25NO2. The molecule has 0 saturated heterocycles. The van der Waals surface area contributed by atoms with E-state index in [4.69, 9.17) is 9.68 Å².